The zero-order chi connectivity index (χ0) is 15.5. The van der Waals surface area contributed by atoms with Crippen LogP contribution in [0.25, 0.3) is 0 Å². The van der Waals surface area contributed by atoms with Gasteiger partial charge in [0.15, 0.2) is 0 Å². The van der Waals surface area contributed by atoms with Gasteiger partial charge in [0.25, 0.3) is 0 Å². The van der Waals surface area contributed by atoms with Gasteiger partial charge in [-0.2, -0.15) is 0 Å². The van der Waals surface area contributed by atoms with Gasteiger partial charge in [-0.1, -0.05) is 13.0 Å². The minimum atomic E-state index is -0.232. The van der Waals surface area contributed by atoms with Crippen molar-refractivity contribution in [1.82, 2.24) is 0 Å². The van der Waals surface area contributed by atoms with Gasteiger partial charge in [0.1, 0.15) is 5.75 Å². The van der Waals surface area contributed by atoms with Gasteiger partial charge in [-0.15, -0.1) is 0 Å². The fourth-order valence-corrected chi connectivity index (χ4v) is 5.81. The van der Waals surface area contributed by atoms with E-state index in [9.17, 15) is 10.2 Å². The summed E-state index contributed by atoms with van der Waals surface area (Å²) < 4.78 is 5.77. The van der Waals surface area contributed by atoms with Gasteiger partial charge < -0.3 is 14.9 Å². The first-order valence-corrected chi connectivity index (χ1v) is 8.57. The summed E-state index contributed by atoms with van der Waals surface area (Å²) in [7, 11) is 1.79. The van der Waals surface area contributed by atoms with E-state index >= 15 is 0 Å². The lowest BCUT2D eigenvalue weighted by Gasteiger charge is -2.51. The van der Waals surface area contributed by atoms with Crippen LogP contribution < -0.4 is 0 Å². The van der Waals surface area contributed by atoms with Gasteiger partial charge in [-0.05, 0) is 72.1 Å². The van der Waals surface area contributed by atoms with Gasteiger partial charge in [0.05, 0.1) is 12.2 Å². The third-order valence-electron chi connectivity index (χ3n) is 6.93. The van der Waals surface area contributed by atoms with E-state index in [1.54, 1.807) is 7.11 Å². The van der Waals surface area contributed by atoms with Crippen molar-refractivity contribution < 1.29 is 14.9 Å². The zero-order valence-electron chi connectivity index (χ0n) is 13.5. The summed E-state index contributed by atoms with van der Waals surface area (Å²) in [5, 5.41) is 20.3. The summed E-state index contributed by atoms with van der Waals surface area (Å²) in [6.07, 6.45) is 5.13. The maximum atomic E-state index is 10.6. The number of fused-ring (bicyclic) bond motifs is 5. The summed E-state index contributed by atoms with van der Waals surface area (Å²) in [5.41, 5.74) is 2.75. The average Bonchev–Trinajstić information content (AvgIpc) is 2.78. The molecule has 4 rings (SSSR count). The van der Waals surface area contributed by atoms with Gasteiger partial charge in [0, 0.05) is 13.5 Å². The number of aliphatic hydroxyl groups excluding tert-OH is 1. The van der Waals surface area contributed by atoms with Gasteiger partial charge in [-0.25, -0.2) is 0 Å². The Kier molecular flexibility index (Phi) is 3.28. The van der Waals surface area contributed by atoms with Crippen LogP contribution in [-0.4, -0.2) is 29.5 Å². The predicted octanol–water partition coefficient (Wildman–Crippen LogP) is 3.23. The molecule has 1 aromatic carbocycles. The second-order valence-corrected chi connectivity index (χ2v) is 7.79. The molecule has 2 unspecified atom stereocenters. The third kappa shape index (κ3) is 1.88. The Morgan fingerprint density at radius 3 is 2.86 bits per heavy atom. The zero-order valence-corrected chi connectivity index (χ0v) is 13.5. The Bertz CT molecular complexity index is 584. The SMILES string of the molecule is COC1CC(O)[C@@]2(C)CC[C@@H]3c4ccc(O)cc4CC[C@H]3[C@H]12. The third-order valence-corrected chi connectivity index (χ3v) is 6.93. The Morgan fingerprint density at radius 1 is 1.27 bits per heavy atom. The van der Waals surface area contributed by atoms with Crippen LogP contribution in [0, 0.1) is 17.3 Å². The Hall–Kier alpha value is -1.06. The van der Waals surface area contributed by atoms with Crippen molar-refractivity contribution >= 4 is 0 Å². The maximum absolute atomic E-state index is 10.6. The number of aryl methyl sites for hydroxylation is 1. The summed E-state index contributed by atoms with van der Waals surface area (Å²) in [4.78, 5) is 0. The molecule has 0 bridgehead atoms. The van der Waals surface area contributed by atoms with E-state index in [1.165, 1.54) is 11.1 Å². The monoisotopic (exact) mass is 302 g/mol. The quantitative estimate of drug-likeness (QED) is 0.837. The number of aliphatic hydroxyl groups is 1. The van der Waals surface area contributed by atoms with E-state index in [-0.39, 0.29) is 17.6 Å². The molecule has 2 saturated carbocycles. The van der Waals surface area contributed by atoms with Gasteiger partial charge in [-0.3, -0.25) is 0 Å². The fraction of sp³-hybridized carbons (Fsp3) is 0.684. The van der Waals surface area contributed by atoms with Gasteiger partial charge >= 0.3 is 0 Å². The topological polar surface area (TPSA) is 49.7 Å². The molecular formula is C19H26O3. The van der Waals surface area contributed by atoms with E-state index in [0.717, 1.165) is 32.1 Å². The molecule has 0 spiro atoms. The van der Waals surface area contributed by atoms with E-state index in [4.69, 9.17) is 4.74 Å². The van der Waals surface area contributed by atoms with Gasteiger partial charge in [0.2, 0.25) is 0 Å². The molecule has 2 fully saturated rings. The van der Waals surface area contributed by atoms with Crippen molar-refractivity contribution in [2.45, 2.75) is 57.2 Å². The number of ether oxygens (including phenoxy) is 1. The molecule has 22 heavy (non-hydrogen) atoms. The van der Waals surface area contributed by atoms with Crippen LogP contribution in [0.5, 0.6) is 5.75 Å². The molecule has 0 aromatic heterocycles. The first kappa shape index (κ1) is 14.5. The van der Waals surface area contributed by atoms with Crippen LogP contribution in [0.4, 0.5) is 0 Å². The second kappa shape index (κ2) is 4.97. The molecule has 6 atom stereocenters. The smallest absolute Gasteiger partial charge is 0.115 e. The second-order valence-electron chi connectivity index (χ2n) is 7.79. The van der Waals surface area contributed by atoms with Crippen molar-refractivity contribution in [1.29, 1.82) is 0 Å². The lowest BCUT2D eigenvalue weighted by atomic mass is 9.55. The van der Waals surface area contributed by atoms with Crippen molar-refractivity contribution in [3.63, 3.8) is 0 Å². The van der Waals surface area contributed by atoms with Crippen molar-refractivity contribution in [3.05, 3.63) is 29.3 Å². The van der Waals surface area contributed by atoms with E-state index in [0.29, 0.717) is 23.5 Å². The minimum Gasteiger partial charge on any atom is -0.508 e. The van der Waals surface area contributed by atoms with Crippen LogP contribution in [0.15, 0.2) is 18.2 Å². The highest BCUT2D eigenvalue weighted by molar-refractivity contribution is 5.40. The number of benzene rings is 1. The van der Waals surface area contributed by atoms with E-state index < -0.39 is 0 Å². The molecule has 0 amide bonds. The van der Waals surface area contributed by atoms with E-state index in [2.05, 4.69) is 13.0 Å². The molecule has 3 aliphatic carbocycles. The molecule has 2 N–H and O–H groups in total. The van der Waals surface area contributed by atoms with Crippen LogP contribution in [0.2, 0.25) is 0 Å². The molecule has 0 heterocycles. The largest absolute Gasteiger partial charge is 0.508 e. The Morgan fingerprint density at radius 2 is 2.09 bits per heavy atom. The summed E-state index contributed by atoms with van der Waals surface area (Å²) in [6, 6.07) is 5.89. The minimum absolute atomic E-state index is 0.0102. The van der Waals surface area contributed by atoms with E-state index in [1.807, 2.05) is 12.1 Å². The van der Waals surface area contributed by atoms with Crippen LogP contribution >= 0.6 is 0 Å². The summed E-state index contributed by atoms with van der Waals surface area (Å²) >= 11 is 0. The standard InChI is InChI=1S/C19H26O3/c1-19-8-7-14-13-6-4-12(20)9-11(13)3-5-15(14)18(19)16(22-2)10-17(19)21/h4,6,9,14-18,20-21H,3,5,7-8,10H2,1-2H3/t14-,15-,16?,17?,18-,19-/m1/s1. The molecule has 1 aromatic rings. The highest BCUT2D eigenvalue weighted by Crippen LogP contribution is 2.61. The fourth-order valence-electron chi connectivity index (χ4n) is 5.81. The average molecular weight is 302 g/mol. The number of methoxy groups -OCH3 is 1. The molecule has 0 radical (unpaired) electrons. The first-order chi connectivity index (χ1) is 10.5. The number of phenols is 1. The molecule has 3 nitrogen and oxygen atoms in total. The lowest BCUT2D eigenvalue weighted by Crippen LogP contribution is -2.46. The van der Waals surface area contributed by atoms with Crippen LogP contribution in [-0.2, 0) is 11.2 Å². The predicted molar refractivity (Wildman–Crippen MR) is 84.9 cm³/mol. The van der Waals surface area contributed by atoms with Crippen LogP contribution in [0.1, 0.15) is 49.7 Å². The Labute approximate surface area is 132 Å². The van der Waals surface area contributed by atoms with Crippen LogP contribution in [0.3, 0.4) is 0 Å². The summed E-state index contributed by atoms with van der Waals surface area (Å²) in [5.74, 6) is 1.99. The first-order valence-electron chi connectivity index (χ1n) is 8.57. The highest BCUT2D eigenvalue weighted by atomic mass is 16.5. The van der Waals surface area contributed by atoms with Crippen molar-refractivity contribution in [2.75, 3.05) is 7.11 Å². The highest BCUT2D eigenvalue weighted by Gasteiger charge is 2.58. The lowest BCUT2D eigenvalue weighted by molar-refractivity contribution is -0.0531. The molecule has 120 valence electrons. The number of rotatable bonds is 1. The Balaban J connectivity index is 1.73. The number of aromatic hydroxyl groups is 1. The molecular weight excluding hydrogens is 276 g/mol. The maximum Gasteiger partial charge on any atom is 0.115 e. The van der Waals surface area contributed by atoms with Crippen molar-refractivity contribution in [2.24, 2.45) is 17.3 Å². The molecule has 0 aliphatic heterocycles. The molecule has 0 saturated heterocycles. The normalized spacial score (nSPS) is 43.3. The van der Waals surface area contributed by atoms with Crippen molar-refractivity contribution in [3.8, 4) is 5.75 Å². The number of phenolic OH excluding ortho intramolecular Hbond substituents is 1. The molecule has 3 aliphatic rings. The molecule has 3 heteroatoms. The summed E-state index contributed by atoms with van der Waals surface area (Å²) in [6.45, 7) is 2.27. The number of hydrogen-bond donors (Lipinski definition) is 2. The number of hydrogen-bond acceptors (Lipinski definition) is 3.